The van der Waals surface area contributed by atoms with Crippen molar-refractivity contribution in [3.63, 3.8) is 0 Å². The van der Waals surface area contributed by atoms with Gasteiger partial charge in [0.25, 0.3) is 21.8 Å². The number of nitrogens with one attached hydrogen (secondary N) is 1. The second-order valence-electron chi connectivity index (χ2n) is 9.33. The molecule has 0 saturated carbocycles. The van der Waals surface area contributed by atoms with E-state index in [1.165, 1.54) is 53.4 Å². The van der Waals surface area contributed by atoms with Crippen molar-refractivity contribution in [3.8, 4) is 5.75 Å². The molecule has 1 N–H and O–H groups in total. The molecule has 2 amide bonds. The quantitative estimate of drug-likeness (QED) is 0.355. The minimum absolute atomic E-state index is 0.00995. The summed E-state index contributed by atoms with van der Waals surface area (Å²) in [6.07, 6.45) is -2.31. The number of hydrogen-bond donors (Lipinski definition) is 1. The lowest BCUT2D eigenvalue weighted by molar-refractivity contribution is -0.141. The van der Waals surface area contributed by atoms with Crippen LogP contribution < -0.4 is 9.46 Å². The fourth-order valence-corrected chi connectivity index (χ4v) is 5.92. The average molecular weight is 600 g/mol. The Morgan fingerprint density at radius 3 is 2.14 bits per heavy atom. The molecule has 0 unspecified atom stereocenters. The highest BCUT2D eigenvalue weighted by Crippen LogP contribution is 2.31. The van der Waals surface area contributed by atoms with E-state index in [-0.39, 0.29) is 48.1 Å². The van der Waals surface area contributed by atoms with Crippen LogP contribution in [0.25, 0.3) is 10.9 Å². The van der Waals surface area contributed by atoms with Crippen LogP contribution in [0.4, 0.5) is 18.9 Å². The van der Waals surface area contributed by atoms with Gasteiger partial charge in [-0.15, -0.1) is 0 Å². The number of anilines is 1. The van der Waals surface area contributed by atoms with Gasteiger partial charge in [-0.05, 0) is 36.4 Å². The van der Waals surface area contributed by atoms with Crippen molar-refractivity contribution in [1.82, 2.24) is 19.8 Å². The van der Waals surface area contributed by atoms with Gasteiger partial charge in [0.1, 0.15) is 10.6 Å². The number of aromatic nitrogens is 2. The lowest BCUT2D eigenvalue weighted by atomic mass is 10.1. The van der Waals surface area contributed by atoms with Gasteiger partial charge in [0.2, 0.25) is 0 Å². The summed E-state index contributed by atoms with van der Waals surface area (Å²) in [4.78, 5) is 36.4. The zero-order valence-electron chi connectivity index (χ0n) is 22.1. The maximum atomic E-state index is 13.3. The molecule has 2 aromatic carbocycles. The second-order valence-corrected chi connectivity index (χ2v) is 11.0. The zero-order valence-corrected chi connectivity index (χ0v) is 22.9. The topological polar surface area (TPSA) is 122 Å². The Hall–Kier alpha value is -4.72. The van der Waals surface area contributed by atoms with Gasteiger partial charge in [0.05, 0.1) is 29.4 Å². The van der Waals surface area contributed by atoms with Crippen LogP contribution in [0.1, 0.15) is 26.4 Å². The fraction of sp³-hybridized carbons (Fsp3) is 0.214. The molecule has 0 spiro atoms. The normalized spacial score (nSPS) is 14.1. The highest BCUT2D eigenvalue weighted by atomic mass is 32.2. The van der Waals surface area contributed by atoms with Crippen molar-refractivity contribution in [3.05, 3.63) is 89.9 Å². The number of methoxy groups -OCH3 is 1. The third-order valence-corrected chi connectivity index (χ3v) is 8.14. The fourth-order valence-electron chi connectivity index (χ4n) is 4.69. The number of nitrogens with zero attached hydrogens (tertiary/aromatic N) is 4. The highest BCUT2D eigenvalue weighted by molar-refractivity contribution is 7.93. The molecule has 1 aliphatic rings. The van der Waals surface area contributed by atoms with Crippen LogP contribution in [-0.4, -0.2) is 73.3 Å². The number of carbonyl (C=O) groups is 2. The van der Waals surface area contributed by atoms with E-state index in [0.717, 1.165) is 12.3 Å². The van der Waals surface area contributed by atoms with Crippen molar-refractivity contribution < 1.29 is 35.9 Å². The Morgan fingerprint density at radius 2 is 1.48 bits per heavy atom. The van der Waals surface area contributed by atoms with Crippen LogP contribution in [0.15, 0.2) is 78.0 Å². The summed E-state index contributed by atoms with van der Waals surface area (Å²) in [5, 5.41) is 0.655. The molecule has 1 fully saturated rings. The van der Waals surface area contributed by atoms with Gasteiger partial charge in [-0.1, -0.05) is 18.2 Å². The molecule has 0 aliphatic carbocycles. The number of para-hydroxylation sites is 1. The minimum atomic E-state index is -4.79. The van der Waals surface area contributed by atoms with Crippen molar-refractivity contribution in [1.29, 1.82) is 0 Å². The molecule has 3 heterocycles. The standard InChI is InChI=1S/C28H24F3N5O5S/c1-41-22-17-19(34-42(39,40)23-8-2-5-18-6-3-11-32-24(18)23)9-10-20(22)26(37)35-13-15-36(16-14-35)27(38)21-7-4-12-33-25(21)28(29,30)31/h2-12,17,34H,13-16H2,1H3. The van der Waals surface area contributed by atoms with E-state index in [4.69, 9.17) is 4.74 Å². The van der Waals surface area contributed by atoms with E-state index < -0.39 is 39.3 Å². The summed E-state index contributed by atoms with van der Waals surface area (Å²) in [6, 6.07) is 14.8. The van der Waals surface area contributed by atoms with E-state index in [0.29, 0.717) is 10.9 Å². The smallest absolute Gasteiger partial charge is 0.434 e. The van der Waals surface area contributed by atoms with Gasteiger partial charge in [-0.2, -0.15) is 13.2 Å². The van der Waals surface area contributed by atoms with Crippen LogP contribution in [0.3, 0.4) is 0 Å². The van der Waals surface area contributed by atoms with E-state index in [1.54, 1.807) is 24.3 Å². The average Bonchev–Trinajstić information content (AvgIpc) is 2.99. The number of carbonyl (C=O) groups excluding carboxylic acids is 2. The summed E-state index contributed by atoms with van der Waals surface area (Å²) in [5.41, 5.74) is -1.20. The first kappa shape index (κ1) is 28.8. The lowest BCUT2D eigenvalue weighted by Gasteiger charge is -2.35. The molecule has 0 atom stereocenters. The number of alkyl halides is 3. The Bertz CT molecular complexity index is 1770. The summed E-state index contributed by atoms with van der Waals surface area (Å²) in [7, 11) is -2.71. The Labute approximate surface area is 238 Å². The molecule has 0 radical (unpaired) electrons. The minimum Gasteiger partial charge on any atom is -0.496 e. The first-order valence-corrected chi connectivity index (χ1v) is 14.1. The zero-order chi connectivity index (χ0) is 30.1. The predicted molar refractivity (Wildman–Crippen MR) is 147 cm³/mol. The Kier molecular flexibility index (Phi) is 7.73. The van der Waals surface area contributed by atoms with Gasteiger partial charge >= 0.3 is 6.18 Å². The van der Waals surface area contributed by atoms with Crippen LogP contribution >= 0.6 is 0 Å². The van der Waals surface area contributed by atoms with Crippen molar-refractivity contribution >= 4 is 38.4 Å². The number of benzene rings is 2. The highest BCUT2D eigenvalue weighted by Gasteiger charge is 2.38. The molecule has 2 aromatic heterocycles. The lowest BCUT2D eigenvalue weighted by Crippen LogP contribution is -2.51. The molecule has 218 valence electrons. The van der Waals surface area contributed by atoms with Gasteiger partial charge in [-0.3, -0.25) is 24.3 Å². The van der Waals surface area contributed by atoms with E-state index in [1.807, 2.05) is 0 Å². The number of sulfonamides is 1. The first-order valence-electron chi connectivity index (χ1n) is 12.6. The molecule has 1 aliphatic heterocycles. The van der Waals surface area contributed by atoms with Crippen LogP contribution in [0.5, 0.6) is 5.75 Å². The Morgan fingerprint density at radius 1 is 0.857 bits per heavy atom. The van der Waals surface area contributed by atoms with Crippen LogP contribution in [0.2, 0.25) is 0 Å². The van der Waals surface area contributed by atoms with E-state index >= 15 is 0 Å². The number of piperazine rings is 1. The molecule has 5 rings (SSSR count). The van der Waals surface area contributed by atoms with Crippen LogP contribution in [0, 0.1) is 0 Å². The molecular formula is C28H24F3N5O5S. The maximum absolute atomic E-state index is 13.3. The molecule has 10 nitrogen and oxygen atoms in total. The van der Waals surface area contributed by atoms with Crippen molar-refractivity contribution in [2.75, 3.05) is 38.0 Å². The first-order chi connectivity index (χ1) is 20.0. The van der Waals surface area contributed by atoms with Crippen molar-refractivity contribution in [2.24, 2.45) is 0 Å². The predicted octanol–water partition coefficient (Wildman–Crippen LogP) is 4.06. The van der Waals surface area contributed by atoms with Gasteiger partial charge < -0.3 is 14.5 Å². The monoisotopic (exact) mass is 599 g/mol. The summed E-state index contributed by atoms with van der Waals surface area (Å²) >= 11 is 0. The second kappa shape index (κ2) is 11.3. The SMILES string of the molecule is COc1cc(NS(=O)(=O)c2cccc3cccnc23)ccc1C(=O)N1CCN(C(=O)c2cccnc2C(F)(F)F)CC1. The molecule has 1 saturated heterocycles. The molecular weight excluding hydrogens is 575 g/mol. The third kappa shape index (κ3) is 5.70. The van der Waals surface area contributed by atoms with Gasteiger partial charge in [0, 0.05) is 50.0 Å². The third-order valence-electron chi connectivity index (χ3n) is 6.73. The largest absolute Gasteiger partial charge is 0.496 e. The van der Waals surface area contributed by atoms with E-state index in [2.05, 4.69) is 14.7 Å². The number of halogens is 3. The van der Waals surface area contributed by atoms with E-state index in [9.17, 15) is 31.2 Å². The molecule has 0 bridgehead atoms. The number of fused-ring (bicyclic) bond motifs is 1. The summed E-state index contributed by atoms with van der Waals surface area (Å²) in [6.45, 7) is 0.154. The molecule has 42 heavy (non-hydrogen) atoms. The van der Waals surface area contributed by atoms with Gasteiger partial charge in [-0.25, -0.2) is 8.42 Å². The number of pyridine rings is 2. The number of rotatable bonds is 6. The number of amides is 2. The van der Waals surface area contributed by atoms with Crippen LogP contribution in [-0.2, 0) is 16.2 Å². The summed E-state index contributed by atoms with van der Waals surface area (Å²) in [5.74, 6) is -1.15. The van der Waals surface area contributed by atoms with Gasteiger partial charge in [0.15, 0.2) is 5.69 Å². The maximum Gasteiger partial charge on any atom is 0.434 e. The number of hydrogen-bond acceptors (Lipinski definition) is 7. The van der Waals surface area contributed by atoms with Crippen molar-refractivity contribution in [2.45, 2.75) is 11.1 Å². The number of ether oxygens (including phenoxy) is 1. The Balaban J connectivity index is 1.29. The molecule has 14 heteroatoms. The summed E-state index contributed by atoms with van der Waals surface area (Å²) < 4.78 is 74.2. The molecule has 4 aromatic rings.